The molecule has 1 nitrogen and oxygen atoms in total. The first-order valence-corrected chi connectivity index (χ1v) is 6.23. The molecule has 0 N–H and O–H groups in total. The van der Waals surface area contributed by atoms with Crippen molar-refractivity contribution in [3.63, 3.8) is 0 Å². The Morgan fingerprint density at radius 1 is 0.737 bits per heavy atom. The predicted molar refractivity (Wildman–Crippen MR) is 78.7 cm³/mol. The van der Waals surface area contributed by atoms with Crippen molar-refractivity contribution < 1.29 is 4.42 Å². The minimum absolute atomic E-state index is 0.812. The lowest BCUT2D eigenvalue weighted by molar-refractivity contribution is 0.554. The molecule has 0 aliphatic rings. The molecule has 0 radical (unpaired) electrons. The summed E-state index contributed by atoms with van der Waals surface area (Å²) in [7, 11) is 0. The molecule has 0 amide bonds. The molecule has 3 rings (SSSR count). The zero-order valence-electron chi connectivity index (χ0n) is 10.5. The van der Waals surface area contributed by atoms with Gasteiger partial charge in [-0.3, -0.25) is 0 Å². The molecule has 19 heavy (non-hydrogen) atoms. The molecule has 0 bridgehead atoms. The fraction of sp³-hybridized carbons (Fsp3) is 0. The highest BCUT2D eigenvalue weighted by Gasteiger charge is 2.05. The Hall–Kier alpha value is -2.54. The molecule has 0 fully saturated rings. The largest absolute Gasteiger partial charge is 0.464 e. The van der Waals surface area contributed by atoms with E-state index >= 15 is 0 Å². The smallest absolute Gasteiger partial charge is 0.133 e. The second-order valence-electron chi connectivity index (χ2n) is 4.40. The van der Waals surface area contributed by atoms with Crippen LogP contribution in [0.4, 0.5) is 0 Å². The zero-order chi connectivity index (χ0) is 13.1. The first-order chi connectivity index (χ1) is 9.34. The third-order valence-electron chi connectivity index (χ3n) is 3.16. The summed E-state index contributed by atoms with van der Waals surface area (Å²) in [6.45, 7) is 4.08. The quantitative estimate of drug-likeness (QED) is 0.633. The Balaban J connectivity index is 1.90. The molecule has 0 saturated heterocycles. The van der Waals surface area contributed by atoms with Crippen molar-refractivity contribution in [1.29, 1.82) is 0 Å². The van der Waals surface area contributed by atoms with Crippen LogP contribution in [0.5, 0.6) is 0 Å². The average Bonchev–Trinajstić information content (AvgIpc) is 3.02. The number of hydrogen-bond acceptors (Lipinski definition) is 1. The molecule has 0 unspecified atom stereocenters. The maximum absolute atomic E-state index is 5.37. The number of rotatable bonds is 3. The van der Waals surface area contributed by atoms with Crippen LogP contribution in [-0.2, 0) is 0 Å². The van der Waals surface area contributed by atoms with Gasteiger partial charge < -0.3 is 4.42 Å². The van der Waals surface area contributed by atoms with E-state index in [1.807, 2.05) is 30.3 Å². The van der Waals surface area contributed by atoms with E-state index in [1.165, 1.54) is 11.1 Å². The molecule has 0 aliphatic heterocycles. The fourth-order valence-electron chi connectivity index (χ4n) is 2.09. The minimum atomic E-state index is 0.812. The molecule has 0 atom stereocenters. The summed E-state index contributed by atoms with van der Waals surface area (Å²) in [6.07, 6.45) is 1.67. The molecule has 2 aromatic carbocycles. The van der Waals surface area contributed by atoms with Gasteiger partial charge in [0.25, 0.3) is 0 Å². The zero-order valence-corrected chi connectivity index (χ0v) is 10.5. The average molecular weight is 246 g/mol. The van der Waals surface area contributed by atoms with Gasteiger partial charge in [0.15, 0.2) is 0 Å². The van der Waals surface area contributed by atoms with Gasteiger partial charge in [-0.05, 0) is 28.8 Å². The lowest BCUT2D eigenvalue weighted by Gasteiger charge is -2.05. The second kappa shape index (κ2) is 4.99. The molecule has 0 saturated carbocycles. The third kappa shape index (κ3) is 2.36. The van der Waals surface area contributed by atoms with Gasteiger partial charge in [0.1, 0.15) is 5.76 Å². The van der Waals surface area contributed by atoms with Gasteiger partial charge in [-0.1, -0.05) is 61.2 Å². The van der Waals surface area contributed by atoms with Gasteiger partial charge in [-0.15, -0.1) is 0 Å². The predicted octanol–water partition coefficient (Wildman–Crippen LogP) is 5.01. The van der Waals surface area contributed by atoms with Crippen LogP contribution >= 0.6 is 0 Å². The highest BCUT2D eigenvalue weighted by atomic mass is 16.3. The lowest BCUT2D eigenvalue weighted by atomic mass is 10.0. The molecule has 0 aliphatic carbocycles. The summed E-state index contributed by atoms with van der Waals surface area (Å²) in [5, 5.41) is 0. The van der Waals surface area contributed by atoms with Crippen LogP contribution < -0.4 is 0 Å². The highest BCUT2D eigenvalue weighted by molar-refractivity contribution is 5.77. The van der Waals surface area contributed by atoms with Gasteiger partial charge >= 0.3 is 0 Å². The van der Waals surface area contributed by atoms with Crippen LogP contribution in [0.25, 0.3) is 16.7 Å². The molecular formula is C18H14O. The molecule has 3 aromatic rings. The van der Waals surface area contributed by atoms with E-state index in [-0.39, 0.29) is 0 Å². The summed E-state index contributed by atoms with van der Waals surface area (Å²) >= 11 is 0. The SMILES string of the molecule is C=C(c1ccc(-c2ccccc2)cc1)c1ccco1. The van der Waals surface area contributed by atoms with E-state index in [0.29, 0.717) is 0 Å². The number of hydrogen-bond donors (Lipinski definition) is 0. The van der Waals surface area contributed by atoms with E-state index in [0.717, 1.165) is 16.9 Å². The van der Waals surface area contributed by atoms with Crippen molar-refractivity contribution in [3.8, 4) is 11.1 Å². The topological polar surface area (TPSA) is 13.1 Å². The van der Waals surface area contributed by atoms with Crippen molar-refractivity contribution in [3.05, 3.63) is 90.9 Å². The Morgan fingerprint density at radius 3 is 2.05 bits per heavy atom. The summed E-state index contributed by atoms with van der Waals surface area (Å²) < 4.78 is 5.37. The van der Waals surface area contributed by atoms with Gasteiger partial charge in [0.2, 0.25) is 0 Å². The van der Waals surface area contributed by atoms with E-state index in [4.69, 9.17) is 4.42 Å². The van der Waals surface area contributed by atoms with Crippen molar-refractivity contribution >= 4 is 5.57 Å². The summed E-state index contributed by atoms with van der Waals surface area (Å²) in [5.74, 6) is 0.812. The number of benzene rings is 2. The van der Waals surface area contributed by atoms with Crippen LogP contribution in [0.3, 0.4) is 0 Å². The summed E-state index contributed by atoms with van der Waals surface area (Å²) in [5.41, 5.74) is 4.41. The molecular weight excluding hydrogens is 232 g/mol. The maximum atomic E-state index is 5.37. The van der Waals surface area contributed by atoms with Crippen LogP contribution in [-0.4, -0.2) is 0 Å². The molecule has 92 valence electrons. The van der Waals surface area contributed by atoms with Crippen LogP contribution in [0.1, 0.15) is 11.3 Å². The first kappa shape index (κ1) is 11.5. The normalized spacial score (nSPS) is 10.3. The Morgan fingerprint density at radius 2 is 1.42 bits per heavy atom. The Bertz CT molecular complexity index is 661. The van der Waals surface area contributed by atoms with Crippen LogP contribution in [0.15, 0.2) is 84.0 Å². The van der Waals surface area contributed by atoms with Gasteiger partial charge in [0.05, 0.1) is 6.26 Å². The first-order valence-electron chi connectivity index (χ1n) is 6.23. The summed E-state index contributed by atoms with van der Waals surface area (Å²) in [4.78, 5) is 0. The summed E-state index contributed by atoms with van der Waals surface area (Å²) in [6, 6.07) is 22.5. The van der Waals surface area contributed by atoms with Crippen LogP contribution in [0, 0.1) is 0 Å². The van der Waals surface area contributed by atoms with Crippen molar-refractivity contribution in [2.24, 2.45) is 0 Å². The maximum Gasteiger partial charge on any atom is 0.133 e. The van der Waals surface area contributed by atoms with Crippen molar-refractivity contribution in [2.45, 2.75) is 0 Å². The van der Waals surface area contributed by atoms with Crippen molar-refractivity contribution in [1.82, 2.24) is 0 Å². The van der Waals surface area contributed by atoms with Crippen LogP contribution in [0.2, 0.25) is 0 Å². The van der Waals surface area contributed by atoms with Crippen molar-refractivity contribution in [2.75, 3.05) is 0 Å². The van der Waals surface area contributed by atoms with E-state index in [2.05, 4.69) is 43.0 Å². The second-order valence-corrected chi connectivity index (χ2v) is 4.40. The highest BCUT2D eigenvalue weighted by Crippen LogP contribution is 2.25. The third-order valence-corrected chi connectivity index (χ3v) is 3.16. The standard InChI is InChI=1S/C18H14O/c1-14(18-8-5-13-19-18)15-9-11-17(12-10-15)16-6-3-2-4-7-16/h2-13H,1H2. The van der Waals surface area contributed by atoms with Gasteiger partial charge in [-0.2, -0.15) is 0 Å². The molecule has 1 aromatic heterocycles. The van der Waals surface area contributed by atoms with Gasteiger partial charge in [0, 0.05) is 5.57 Å². The van der Waals surface area contributed by atoms with E-state index in [9.17, 15) is 0 Å². The molecule has 1 heterocycles. The fourth-order valence-corrected chi connectivity index (χ4v) is 2.09. The lowest BCUT2D eigenvalue weighted by Crippen LogP contribution is -1.84. The Labute approximate surface area is 112 Å². The number of furan rings is 1. The Kier molecular flexibility index (Phi) is 3.03. The van der Waals surface area contributed by atoms with E-state index in [1.54, 1.807) is 6.26 Å². The minimum Gasteiger partial charge on any atom is -0.464 e. The molecule has 1 heteroatoms. The van der Waals surface area contributed by atoms with Gasteiger partial charge in [-0.25, -0.2) is 0 Å². The molecule has 0 spiro atoms. The monoisotopic (exact) mass is 246 g/mol. The van der Waals surface area contributed by atoms with E-state index < -0.39 is 0 Å².